The topological polar surface area (TPSA) is 52.3 Å². The van der Waals surface area contributed by atoms with Crippen molar-refractivity contribution >= 4 is 10.8 Å². The molecule has 4 heteroatoms. The Morgan fingerprint density at radius 2 is 2.39 bits per heavy atom. The van der Waals surface area contributed by atoms with Crippen LogP contribution in [0.2, 0.25) is 0 Å². The van der Waals surface area contributed by atoms with Crippen molar-refractivity contribution in [1.29, 1.82) is 0 Å². The Morgan fingerprint density at radius 3 is 3.06 bits per heavy atom. The van der Waals surface area contributed by atoms with Crippen LogP contribution >= 0.6 is 0 Å². The van der Waals surface area contributed by atoms with E-state index in [-0.39, 0.29) is 6.04 Å². The molecule has 18 heavy (non-hydrogen) atoms. The van der Waals surface area contributed by atoms with Gasteiger partial charge in [-0.2, -0.15) is 0 Å². The first kappa shape index (κ1) is 13.7. The van der Waals surface area contributed by atoms with E-state index in [4.69, 9.17) is 10.5 Å². The summed E-state index contributed by atoms with van der Waals surface area (Å²) in [5, 5.41) is 0. The van der Waals surface area contributed by atoms with Gasteiger partial charge < -0.3 is 10.5 Å². The first-order chi connectivity index (χ1) is 8.65. The summed E-state index contributed by atoms with van der Waals surface area (Å²) < 4.78 is 17.4. The quantitative estimate of drug-likeness (QED) is 0.882. The summed E-state index contributed by atoms with van der Waals surface area (Å²) in [6.45, 7) is 3.57. The maximum Gasteiger partial charge on any atom is 0.0510 e. The second-order valence-electron chi connectivity index (χ2n) is 5.03. The molecule has 3 nitrogen and oxygen atoms in total. The van der Waals surface area contributed by atoms with Crippen molar-refractivity contribution in [1.82, 2.24) is 0 Å². The number of hydrogen-bond acceptors (Lipinski definition) is 3. The molecule has 1 aromatic rings. The average molecular weight is 267 g/mol. The van der Waals surface area contributed by atoms with Crippen LogP contribution in [0.15, 0.2) is 24.3 Å². The predicted octanol–water partition coefficient (Wildman–Crippen LogP) is 1.61. The summed E-state index contributed by atoms with van der Waals surface area (Å²) in [6, 6.07) is 8.16. The van der Waals surface area contributed by atoms with Gasteiger partial charge in [0.15, 0.2) is 0 Å². The zero-order valence-corrected chi connectivity index (χ0v) is 11.6. The molecular formula is C14H21NO2S. The fraction of sp³-hybridized carbons (Fsp3) is 0.571. The second-order valence-corrected chi connectivity index (χ2v) is 6.53. The molecule has 0 aromatic heterocycles. The molecule has 0 amide bonds. The number of aryl methyl sites for hydroxylation is 1. The first-order valence-electron chi connectivity index (χ1n) is 6.39. The highest BCUT2D eigenvalue weighted by Crippen LogP contribution is 2.17. The molecule has 2 N–H and O–H groups in total. The minimum absolute atomic E-state index is 0.00172. The molecule has 2 rings (SSSR count). The van der Waals surface area contributed by atoms with Crippen LogP contribution in [0, 0.1) is 12.8 Å². The zero-order chi connectivity index (χ0) is 13.0. The van der Waals surface area contributed by atoms with Crippen molar-refractivity contribution in [3.05, 3.63) is 35.4 Å². The van der Waals surface area contributed by atoms with Crippen LogP contribution in [0.4, 0.5) is 0 Å². The molecule has 1 aliphatic rings. The minimum Gasteiger partial charge on any atom is -0.381 e. The van der Waals surface area contributed by atoms with Crippen LogP contribution < -0.4 is 5.73 Å². The van der Waals surface area contributed by atoms with Crippen molar-refractivity contribution in [2.45, 2.75) is 25.1 Å². The third-order valence-corrected chi connectivity index (χ3v) is 4.77. The summed E-state index contributed by atoms with van der Waals surface area (Å²) in [5.41, 5.74) is 8.42. The van der Waals surface area contributed by atoms with Crippen LogP contribution in [-0.2, 0) is 21.3 Å². The SMILES string of the molecule is Cc1cccc(CS(=O)CC(N)C2CCOC2)c1. The standard InChI is InChI=1S/C14H21NO2S/c1-11-3-2-4-12(7-11)9-18(16)10-14(15)13-5-6-17-8-13/h2-4,7,13-14H,5-6,8-10,15H2,1H3. The lowest BCUT2D eigenvalue weighted by molar-refractivity contribution is 0.182. The van der Waals surface area contributed by atoms with Gasteiger partial charge in [0, 0.05) is 40.9 Å². The van der Waals surface area contributed by atoms with E-state index in [1.807, 2.05) is 25.1 Å². The van der Waals surface area contributed by atoms with Gasteiger partial charge in [-0.1, -0.05) is 29.8 Å². The molecular weight excluding hydrogens is 246 g/mol. The summed E-state index contributed by atoms with van der Waals surface area (Å²) >= 11 is 0. The molecule has 3 atom stereocenters. The van der Waals surface area contributed by atoms with Crippen molar-refractivity contribution in [2.24, 2.45) is 11.7 Å². The highest BCUT2D eigenvalue weighted by Gasteiger charge is 2.24. The number of hydrogen-bond donors (Lipinski definition) is 1. The average Bonchev–Trinajstić information content (AvgIpc) is 2.81. The van der Waals surface area contributed by atoms with Gasteiger partial charge in [-0.25, -0.2) is 0 Å². The molecule has 1 aliphatic heterocycles. The lowest BCUT2D eigenvalue weighted by Crippen LogP contribution is -2.35. The normalized spacial score (nSPS) is 22.9. The molecule has 3 unspecified atom stereocenters. The third kappa shape index (κ3) is 3.90. The Morgan fingerprint density at radius 1 is 1.56 bits per heavy atom. The zero-order valence-electron chi connectivity index (χ0n) is 10.8. The second kappa shape index (κ2) is 6.45. The molecule has 0 saturated carbocycles. The van der Waals surface area contributed by atoms with Gasteiger partial charge >= 0.3 is 0 Å². The van der Waals surface area contributed by atoms with Gasteiger partial charge in [-0.05, 0) is 18.9 Å². The predicted molar refractivity (Wildman–Crippen MR) is 74.8 cm³/mol. The number of rotatable bonds is 5. The maximum atomic E-state index is 12.1. The number of benzene rings is 1. The van der Waals surface area contributed by atoms with E-state index in [9.17, 15) is 4.21 Å². The van der Waals surface area contributed by atoms with Gasteiger partial charge in [0.25, 0.3) is 0 Å². The number of ether oxygens (including phenoxy) is 1. The Balaban J connectivity index is 1.84. The molecule has 0 bridgehead atoms. The summed E-state index contributed by atoms with van der Waals surface area (Å²) in [5.74, 6) is 1.55. The van der Waals surface area contributed by atoms with Crippen LogP contribution in [0.3, 0.4) is 0 Å². The summed E-state index contributed by atoms with van der Waals surface area (Å²) in [4.78, 5) is 0. The van der Waals surface area contributed by atoms with Gasteiger partial charge in [0.2, 0.25) is 0 Å². The lowest BCUT2D eigenvalue weighted by atomic mass is 10.0. The minimum atomic E-state index is -0.886. The van der Waals surface area contributed by atoms with E-state index in [1.54, 1.807) is 0 Å². The molecule has 0 radical (unpaired) electrons. The summed E-state index contributed by atoms with van der Waals surface area (Å²) in [6.07, 6.45) is 1.00. The first-order valence-corrected chi connectivity index (χ1v) is 7.88. The fourth-order valence-corrected chi connectivity index (χ4v) is 3.66. The molecule has 0 spiro atoms. The Labute approximate surface area is 111 Å². The Hall–Kier alpha value is -0.710. The molecule has 1 heterocycles. The van der Waals surface area contributed by atoms with Crippen molar-refractivity contribution in [3.8, 4) is 0 Å². The van der Waals surface area contributed by atoms with Crippen LogP contribution in [0.1, 0.15) is 17.5 Å². The molecule has 0 aliphatic carbocycles. The van der Waals surface area contributed by atoms with E-state index in [0.717, 1.165) is 25.2 Å². The van der Waals surface area contributed by atoms with E-state index in [0.29, 0.717) is 17.4 Å². The lowest BCUT2D eigenvalue weighted by Gasteiger charge is -2.16. The number of nitrogens with two attached hydrogens (primary N) is 1. The maximum absolute atomic E-state index is 12.1. The summed E-state index contributed by atoms with van der Waals surface area (Å²) in [7, 11) is -0.886. The fourth-order valence-electron chi connectivity index (χ4n) is 2.29. The van der Waals surface area contributed by atoms with Crippen molar-refractivity contribution < 1.29 is 8.95 Å². The molecule has 1 aromatic carbocycles. The van der Waals surface area contributed by atoms with E-state index in [1.165, 1.54) is 5.56 Å². The smallest absolute Gasteiger partial charge is 0.0510 e. The van der Waals surface area contributed by atoms with Gasteiger partial charge in [0.05, 0.1) is 6.61 Å². The van der Waals surface area contributed by atoms with Gasteiger partial charge in [0.1, 0.15) is 0 Å². The van der Waals surface area contributed by atoms with Crippen LogP contribution in [-0.4, -0.2) is 29.2 Å². The molecule has 1 saturated heterocycles. The third-order valence-electron chi connectivity index (χ3n) is 3.36. The highest BCUT2D eigenvalue weighted by atomic mass is 32.2. The van der Waals surface area contributed by atoms with Crippen LogP contribution in [0.25, 0.3) is 0 Å². The van der Waals surface area contributed by atoms with E-state index in [2.05, 4.69) is 6.07 Å². The Kier molecular flexibility index (Phi) is 4.92. The molecule has 100 valence electrons. The largest absolute Gasteiger partial charge is 0.381 e. The van der Waals surface area contributed by atoms with E-state index >= 15 is 0 Å². The van der Waals surface area contributed by atoms with Crippen LogP contribution in [0.5, 0.6) is 0 Å². The highest BCUT2D eigenvalue weighted by molar-refractivity contribution is 7.84. The van der Waals surface area contributed by atoms with Gasteiger partial charge in [-0.15, -0.1) is 0 Å². The molecule has 1 fully saturated rings. The van der Waals surface area contributed by atoms with Gasteiger partial charge in [-0.3, -0.25) is 4.21 Å². The van der Waals surface area contributed by atoms with E-state index < -0.39 is 10.8 Å². The Bertz CT molecular complexity index is 416. The van der Waals surface area contributed by atoms with Crippen molar-refractivity contribution in [2.75, 3.05) is 19.0 Å². The van der Waals surface area contributed by atoms with Crippen molar-refractivity contribution in [3.63, 3.8) is 0 Å². The monoisotopic (exact) mass is 267 g/mol.